The molecule has 0 radical (unpaired) electrons. The summed E-state index contributed by atoms with van der Waals surface area (Å²) in [5.74, 6) is 1.60. The number of hydrogen-bond donors (Lipinski definition) is 0. The minimum absolute atomic E-state index is 0.696. The Kier molecular flexibility index (Phi) is 3.37. The molecular formula is C14H16N4O. The number of aryl methyl sites for hydroxylation is 1. The molecule has 1 saturated heterocycles. The molecule has 0 atom stereocenters. The molecule has 0 spiro atoms. The molecule has 1 aliphatic rings. The molecular weight excluding hydrogens is 240 g/mol. The third-order valence-corrected chi connectivity index (χ3v) is 3.13. The lowest BCUT2D eigenvalue weighted by atomic mass is 10.1. The topological polar surface area (TPSA) is 51.1 Å². The normalized spacial score (nSPS) is 15.5. The molecule has 0 saturated carbocycles. The van der Waals surface area contributed by atoms with Crippen LogP contribution in [-0.2, 0) is 4.74 Å². The number of hydrogen-bond acceptors (Lipinski definition) is 5. The molecule has 0 amide bonds. The first-order chi connectivity index (χ1) is 9.34. The van der Waals surface area contributed by atoms with Crippen molar-refractivity contribution in [3.63, 3.8) is 0 Å². The number of nitrogens with zero attached hydrogens (tertiary/aromatic N) is 4. The maximum absolute atomic E-state index is 5.39. The lowest BCUT2D eigenvalue weighted by Crippen LogP contribution is -2.37. The monoisotopic (exact) mass is 256 g/mol. The number of aromatic nitrogens is 3. The van der Waals surface area contributed by atoms with Crippen LogP contribution in [0.25, 0.3) is 11.3 Å². The summed E-state index contributed by atoms with van der Waals surface area (Å²) in [5, 5.41) is 8.42. The Labute approximate surface area is 112 Å². The van der Waals surface area contributed by atoms with Gasteiger partial charge in [0.05, 0.1) is 13.2 Å². The van der Waals surface area contributed by atoms with Crippen LogP contribution in [0, 0.1) is 6.92 Å². The van der Waals surface area contributed by atoms with E-state index in [1.54, 1.807) is 0 Å². The summed E-state index contributed by atoms with van der Waals surface area (Å²) in [6.07, 6.45) is 0. The summed E-state index contributed by atoms with van der Waals surface area (Å²) in [7, 11) is 0. The van der Waals surface area contributed by atoms with E-state index in [1.165, 1.54) is 0 Å². The van der Waals surface area contributed by atoms with Gasteiger partial charge in [0.25, 0.3) is 0 Å². The Hall–Kier alpha value is -2.01. The largest absolute Gasteiger partial charge is 0.378 e. The molecule has 0 unspecified atom stereocenters. The number of ether oxygens (including phenoxy) is 1. The first-order valence-corrected chi connectivity index (χ1v) is 6.44. The first-order valence-electron chi connectivity index (χ1n) is 6.44. The van der Waals surface area contributed by atoms with Gasteiger partial charge < -0.3 is 9.64 Å². The van der Waals surface area contributed by atoms with Crippen LogP contribution in [0.5, 0.6) is 0 Å². The van der Waals surface area contributed by atoms with E-state index >= 15 is 0 Å². The number of anilines is 1. The van der Waals surface area contributed by atoms with Crippen LogP contribution in [0.3, 0.4) is 0 Å². The SMILES string of the molecule is Cc1nnc(-c2ccccc2)c(N2CCOCC2)n1. The predicted octanol–water partition coefficient (Wildman–Crippen LogP) is 1.68. The zero-order chi connectivity index (χ0) is 13.1. The van der Waals surface area contributed by atoms with Gasteiger partial charge in [-0.25, -0.2) is 4.98 Å². The molecule has 2 aromatic rings. The lowest BCUT2D eigenvalue weighted by Gasteiger charge is -2.28. The van der Waals surface area contributed by atoms with Gasteiger partial charge in [0.15, 0.2) is 5.82 Å². The van der Waals surface area contributed by atoms with Crippen LogP contribution in [-0.4, -0.2) is 41.5 Å². The van der Waals surface area contributed by atoms with Gasteiger partial charge >= 0.3 is 0 Å². The van der Waals surface area contributed by atoms with Crippen LogP contribution in [0.2, 0.25) is 0 Å². The van der Waals surface area contributed by atoms with Crippen molar-refractivity contribution in [3.8, 4) is 11.3 Å². The average molecular weight is 256 g/mol. The lowest BCUT2D eigenvalue weighted by molar-refractivity contribution is 0.122. The minimum atomic E-state index is 0.696. The van der Waals surface area contributed by atoms with Gasteiger partial charge in [-0.05, 0) is 6.92 Å². The molecule has 19 heavy (non-hydrogen) atoms. The van der Waals surface area contributed by atoms with E-state index in [2.05, 4.69) is 20.1 Å². The minimum Gasteiger partial charge on any atom is -0.378 e. The summed E-state index contributed by atoms with van der Waals surface area (Å²) >= 11 is 0. The Morgan fingerprint density at radius 3 is 2.53 bits per heavy atom. The molecule has 0 bridgehead atoms. The highest BCUT2D eigenvalue weighted by Crippen LogP contribution is 2.26. The predicted molar refractivity (Wildman–Crippen MR) is 73.0 cm³/mol. The van der Waals surface area contributed by atoms with Crippen LogP contribution in [0.1, 0.15) is 5.82 Å². The highest BCUT2D eigenvalue weighted by atomic mass is 16.5. The molecule has 2 heterocycles. The highest BCUT2D eigenvalue weighted by molar-refractivity contribution is 5.71. The molecule has 1 aliphatic heterocycles. The summed E-state index contributed by atoms with van der Waals surface area (Å²) in [4.78, 5) is 6.79. The van der Waals surface area contributed by atoms with Gasteiger partial charge in [0.1, 0.15) is 11.5 Å². The van der Waals surface area contributed by atoms with Gasteiger partial charge in [0, 0.05) is 18.7 Å². The zero-order valence-electron chi connectivity index (χ0n) is 10.9. The van der Waals surface area contributed by atoms with E-state index in [4.69, 9.17) is 4.74 Å². The standard InChI is InChI=1S/C14H16N4O/c1-11-15-14(18-7-9-19-10-8-18)13(17-16-11)12-5-3-2-4-6-12/h2-6H,7-10H2,1H3. The van der Waals surface area contributed by atoms with Crippen LogP contribution >= 0.6 is 0 Å². The molecule has 1 fully saturated rings. The van der Waals surface area contributed by atoms with E-state index in [0.29, 0.717) is 5.82 Å². The van der Waals surface area contributed by atoms with E-state index < -0.39 is 0 Å². The fraction of sp³-hybridized carbons (Fsp3) is 0.357. The van der Waals surface area contributed by atoms with Crippen molar-refractivity contribution in [1.29, 1.82) is 0 Å². The van der Waals surface area contributed by atoms with E-state index in [0.717, 1.165) is 43.4 Å². The van der Waals surface area contributed by atoms with Crippen molar-refractivity contribution in [2.24, 2.45) is 0 Å². The Bertz CT molecular complexity index is 553. The van der Waals surface area contributed by atoms with Gasteiger partial charge in [-0.1, -0.05) is 30.3 Å². The summed E-state index contributed by atoms with van der Waals surface area (Å²) in [5.41, 5.74) is 1.89. The number of benzene rings is 1. The molecule has 5 nitrogen and oxygen atoms in total. The zero-order valence-corrected chi connectivity index (χ0v) is 10.9. The fourth-order valence-electron chi connectivity index (χ4n) is 2.17. The quantitative estimate of drug-likeness (QED) is 0.818. The second-order valence-corrected chi connectivity index (χ2v) is 4.50. The highest BCUT2D eigenvalue weighted by Gasteiger charge is 2.19. The molecule has 0 N–H and O–H groups in total. The van der Waals surface area contributed by atoms with E-state index in [1.807, 2.05) is 37.3 Å². The summed E-state index contributed by atoms with van der Waals surface area (Å²) in [6.45, 7) is 5.02. The van der Waals surface area contributed by atoms with Crippen molar-refractivity contribution in [1.82, 2.24) is 15.2 Å². The molecule has 3 rings (SSSR count). The van der Waals surface area contributed by atoms with Crippen molar-refractivity contribution in [2.45, 2.75) is 6.92 Å². The van der Waals surface area contributed by atoms with Crippen LogP contribution in [0.4, 0.5) is 5.82 Å². The fourth-order valence-corrected chi connectivity index (χ4v) is 2.17. The maximum atomic E-state index is 5.39. The van der Waals surface area contributed by atoms with Crippen LogP contribution < -0.4 is 4.90 Å². The van der Waals surface area contributed by atoms with Gasteiger partial charge in [0.2, 0.25) is 0 Å². The molecule has 1 aromatic carbocycles. The van der Waals surface area contributed by atoms with E-state index in [-0.39, 0.29) is 0 Å². The molecule has 98 valence electrons. The summed E-state index contributed by atoms with van der Waals surface area (Å²) < 4.78 is 5.39. The third-order valence-electron chi connectivity index (χ3n) is 3.13. The smallest absolute Gasteiger partial charge is 0.159 e. The van der Waals surface area contributed by atoms with Crippen molar-refractivity contribution >= 4 is 5.82 Å². The Morgan fingerprint density at radius 2 is 1.79 bits per heavy atom. The molecule has 5 heteroatoms. The Morgan fingerprint density at radius 1 is 1.05 bits per heavy atom. The summed E-state index contributed by atoms with van der Waals surface area (Å²) in [6, 6.07) is 10.1. The number of morpholine rings is 1. The first kappa shape index (κ1) is 12.0. The van der Waals surface area contributed by atoms with Gasteiger partial charge in [-0.2, -0.15) is 0 Å². The van der Waals surface area contributed by atoms with Crippen molar-refractivity contribution in [2.75, 3.05) is 31.2 Å². The van der Waals surface area contributed by atoms with Crippen LogP contribution in [0.15, 0.2) is 30.3 Å². The average Bonchev–Trinajstić information content (AvgIpc) is 2.49. The van der Waals surface area contributed by atoms with Crippen molar-refractivity contribution < 1.29 is 4.74 Å². The van der Waals surface area contributed by atoms with Gasteiger partial charge in [-0.15, -0.1) is 10.2 Å². The third kappa shape index (κ3) is 2.56. The molecule has 0 aliphatic carbocycles. The van der Waals surface area contributed by atoms with Gasteiger partial charge in [-0.3, -0.25) is 0 Å². The second kappa shape index (κ2) is 5.32. The maximum Gasteiger partial charge on any atom is 0.159 e. The Balaban J connectivity index is 2.04. The molecule has 1 aromatic heterocycles. The second-order valence-electron chi connectivity index (χ2n) is 4.50. The van der Waals surface area contributed by atoms with E-state index in [9.17, 15) is 0 Å². The number of rotatable bonds is 2. The van der Waals surface area contributed by atoms with Crippen molar-refractivity contribution in [3.05, 3.63) is 36.2 Å².